The Bertz CT molecular complexity index is 1130. The lowest BCUT2D eigenvalue weighted by molar-refractivity contribution is -0.146. The van der Waals surface area contributed by atoms with Crippen molar-refractivity contribution < 1.29 is 43.4 Å². The fourth-order valence-electron chi connectivity index (χ4n) is 4.55. The average molecular weight is 668 g/mol. The molecule has 4 N–H and O–H groups in total. The van der Waals surface area contributed by atoms with Crippen molar-refractivity contribution in [2.75, 3.05) is 33.8 Å². The molecule has 0 heterocycles. The molecule has 0 saturated carbocycles. The van der Waals surface area contributed by atoms with Gasteiger partial charge in [-0.1, -0.05) is 53.5 Å². The molecular formula is C33H57N5O9. The summed E-state index contributed by atoms with van der Waals surface area (Å²) >= 11 is 0. The van der Waals surface area contributed by atoms with Crippen LogP contribution in [-0.4, -0.2) is 108 Å². The second-order valence-corrected chi connectivity index (χ2v) is 12.6. The molecule has 0 spiro atoms. The molecule has 0 aromatic rings. The fraction of sp³-hybridized carbons (Fsp3) is 0.727. The normalized spacial score (nSPS) is 15.1. The van der Waals surface area contributed by atoms with Crippen molar-refractivity contribution in [2.45, 2.75) is 106 Å². The second-order valence-electron chi connectivity index (χ2n) is 12.6. The molecule has 14 heteroatoms. The van der Waals surface area contributed by atoms with Gasteiger partial charge in [0.2, 0.25) is 23.6 Å². The Morgan fingerprint density at radius 2 is 1.40 bits per heavy atom. The lowest BCUT2D eigenvalue weighted by atomic mass is 9.92. The summed E-state index contributed by atoms with van der Waals surface area (Å²) in [6.07, 6.45) is 6.25. The molecule has 0 bridgehead atoms. The minimum Gasteiger partial charge on any atom is -0.480 e. The zero-order valence-corrected chi connectivity index (χ0v) is 29.8. The molecule has 0 radical (unpaired) electrons. The minimum absolute atomic E-state index is 0.316. The fourth-order valence-corrected chi connectivity index (χ4v) is 4.55. The molecule has 0 saturated heterocycles. The molecule has 14 nitrogen and oxygen atoms in total. The van der Waals surface area contributed by atoms with Gasteiger partial charge in [0.25, 0.3) is 5.91 Å². The zero-order valence-electron chi connectivity index (χ0n) is 29.8. The van der Waals surface area contributed by atoms with Gasteiger partial charge in [0, 0.05) is 19.7 Å². The number of hydrogen-bond acceptors (Lipinski definition) is 8. The quantitative estimate of drug-likeness (QED) is 0.105. The number of nitrogens with zero attached hydrogens (tertiary/aromatic N) is 2. The first-order valence-corrected chi connectivity index (χ1v) is 16.3. The Morgan fingerprint density at radius 3 is 1.96 bits per heavy atom. The van der Waals surface area contributed by atoms with Gasteiger partial charge in [0.05, 0.1) is 13.1 Å². The van der Waals surface area contributed by atoms with Gasteiger partial charge in [-0.25, -0.2) is 4.79 Å². The lowest BCUT2D eigenvalue weighted by Gasteiger charge is -2.27. The molecule has 0 aliphatic heterocycles. The van der Waals surface area contributed by atoms with Crippen LogP contribution in [0, 0.1) is 17.8 Å². The predicted octanol–water partition coefficient (Wildman–Crippen LogP) is 1.87. The van der Waals surface area contributed by atoms with Gasteiger partial charge in [-0.2, -0.15) is 0 Å². The van der Waals surface area contributed by atoms with Crippen LogP contribution in [0.2, 0.25) is 0 Å². The third kappa shape index (κ3) is 17.0. The highest BCUT2D eigenvalue weighted by atomic mass is 16.5. The topological polar surface area (TPSA) is 192 Å². The number of nitrogens with one attached hydrogen (secondary N) is 3. The van der Waals surface area contributed by atoms with E-state index < -0.39 is 79.3 Å². The molecule has 0 rings (SSSR count). The molecule has 0 aromatic carbocycles. The molecule has 0 aliphatic carbocycles. The SMILES string of the molecule is CCC(C)C(NC(=O)CN(C)C(=O)CN(C)C(=O)C(C)NC(=O)COC(=O)/C(C)=C/CCC(C)C[C@@H](C)CC)C(=O)N[C@H](C)C(=O)O. The largest absolute Gasteiger partial charge is 0.480 e. The predicted molar refractivity (Wildman–Crippen MR) is 177 cm³/mol. The third-order valence-corrected chi connectivity index (χ3v) is 8.11. The molecule has 47 heavy (non-hydrogen) atoms. The van der Waals surface area contributed by atoms with Crippen LogP contribution in [0.4, 0.5) is 0 Å². The number of carboxylic acid groups (broad SMARTS) is 1. The van der Waals surface area contributed by atoms with Crippen LogP contribution in [0.3, 0.4) is 0 Å². The molecule has 0 fully saturated rings. The first-order chi connectivity index (χ1) is 21.8. The van der Waals surface area contributed by atoms with Crippen molar-refractivity contribution >= 4 is 41.5 Å². The molecule has 4 unspecified atom stereocenters. The summed E-state index contributed by atoms with van der Waals surface area (Å²) in [5.74, 6) is -4.11. The van der Waals surface area contributed by atoms with Gasteiger partial charge < -0.3 is 35.6 Å². The van der Waals surface area contributed by atoms with E-state index in [9.17, 15) is 33.6 Å². The first kappa shape index (κ1) is 43.0. The summed E-state index contributed by atoms with van der Waals surface area (Å²) in [4.78, 5) is 88.7. The van der Waals surface area contributed by atoms with Crippen LogP contribution in [-0.2, 0) is 38.3 Å². The number of rotatable bonds is 21. The number of carbonyl (C=O) groups is 7. The summed E-state index contributed by atoms with van der Waals surface area (Å²) in [7, 11) is 2.72. The van der Waals surface area contributed by atoms with E-state index in [4.69, 9.17) is 9.84 Å². The van der Waals surface area contributed by atoms with Crippen LogP contribution in [0.25, 0.3) is 0 Å². The van der Waals surface area contributed by atoms with Gasteiger partial charge in [0.1, 0.15) is 18.1 Å². The van der Waals surface area contributed by atoms with E-state index in [2.05, 4.69) is 36.7 Å². The number of likely N-dealkylation sites (N-methyl/N-ethyl adjacent to an activating group) is 2. The Balaban J connectivity index is 4.84. The van der Waals surface area contributed by atoms with Crippen LogP contribution < -0.4 is 16.0 Å². The number of hydrogen-bond donors (Lipinski definition) is 4. The summed E-state index contributed by atoms with van der Waals surface area (Å²) in [6, 6.07) is -3.20. The van der Waals surface area contributed by atoms with Crippen molar-refractivity contribution in [2.24, 2.45) is 17.8 Å². The maximum absolute atomic E-state index is 12.8. The highest BCUT2D eigenvalue weighted by molar-refractivity contribution is 5.94. The highest BCUT2D eigenvalue weighted by Gasteiger charge is 2.29. The molecule has 5 amide bonds. The van der Waals surface area contributed by atoms with Crippen molar-refractivity contribution in [3.63, 3.8) is 0 Å². The van der Waals surface area contributed by atoms with Crippen LogP contribution in [0.15, 0.2) is 11.6 Å². The first-order valence-electron chi connectivity index (χ1n) is 16.3. The van der Waals surface area contributed by atoms with E-state index in [0.29, 0.717) is 23.8 Å². The Kier molecular flexibility index (Phi) is 19.9. The van der Waals surface area contributed by atoms with Crippen LogP contribution in [0.1, 0.15) is 87.5 Å². The van der Waals surface area contributed by atoms with E-state index in [0.717, 1.165) is 35.5 Å². The van der Waals surface area contributed by atoms with Crippen molar-refractivity contribution in [3.05, 3.63) is 11.6 Å². The number of allylic oxidation sites excluding steroid dienone is 1. The number of ether oxygens (including phenoxy) is 1. The van der Waals surface area contributed by atoms with E-state index in [1.807, 2.05) is 6.92 Å². The van der Waals surface area contributed by atoms with E-state index in [1.54, 1.807) is 19.9 Å². The summed E-state index contributed by atoms with van der Waals surface area (Å²) < 4.78 is 5.08. The van der Waals surface area contributed by atoms with E-state index >= 15 is 0 Å². The molecule has 268 valence electrons. The van der Waals surface area contributed by atoms with Crippen molar-refractivity contribution in [1.29, 1.82) is 0 Å². The average Bonchev–Trinajstić information content (AvgIpc) is 3.00. The zero-order chi connectivity index (χ0) is 36.4. The minimum atomic E-state index is -1.22. The Labute approximate surface area is 279 Å². The summed E-state index contributed by atoms with van der Waals surface area (Å²) in [5.41, 5.74) is 0.403. The van der Waals surface area contributed by atoms with Crippen molar-refractivity contribution in [1.82, 2.24) is 25.8 Å². The molecule has 0 aromatic heterocycles. The van der Waals surface area contributed by atoms with Crippen molar-refractivity contribution in [3.8, 4) is 0 Å². The Hall–Kier alpha value is -3.97. The second kappa shape index (κ2) is 21.8. The third-order valence-electron chi connectivity index (χ3n) is 8.11. The number of carbonyl (C=O) groups excluding carboxylic acids is 6. The highest BCUT2D eigenvalue weighted by Crippen LogP contribution is 2.19. The van der Waals surface area contributed by atoms with Gasteiger partial charge in [-0.15, -0.1) is 0 Å². The molecule has 0 aliphatic rings. The van der Waals surface area contributed by atoms with Crippen LogP contribution in [0.5, 0.6) is 0 Å². The molecule has 6 atom stereocenters. The standard InChI is InChI=1S/C33H57N5O9/c1-11-20(3)16-21(4)14-13-15-23(6)33(46)47-19-27(40)34-24(7)31(43)38(10)18-28(41)37(9)17-26(39)36-29(22(5)12-2)30(42)35-25(8)32(44)45/h15,20-22,24-25,29H,11-14,16-19H2,1-10H3,(H,34,40)(H,35,42)(H,36,39)(H,44,45)/b23-15+/t20-,21?,22?,24?,25+,29?/m0/s1. The van der Waals surface area contributed by atoms with E-state index in [1.165, 1.54) is 27.9 Å². The number of carboxylic acids is 1. The lowest BCUT2D eigenvalue weighted by Crippen LogP contribution is -2.55. The smallest absolute Gasteiger partial charge is 0.333 e. The number of amides is 5. The van der Waals surface area contributed by atoms with Gasteiger partial charge in [-0.05, 0) is 57.8 Å². The number of esters is 1. The van der Waals surface area contributed by atoms with Gasteiger partial charge in [-0.3, -0.25) is 28.8 Å². The molecular weight excluding hydrogens is 610 g/mol. The van der Waals surface area contributed by atoms with Gasteiger partial charge >= 0.3 is 11.9 Å². The summed E-state index contributed by atoms with van der Waals surface area (Å²) in [5, 5.41) is 16.4. The monoisotopic (exact) mass is 667 g/mol. The summed E-state index contributed by atoms with van der Waals surface area (Å²) in [6.45, 7) is 13.1. The maximum Gasteiger partial charge on any atom is 0.333 e. The Morgan fingerprint density at radius 1 is 0.787 bits per heavy atom. The van der Waals surface area contributed by atoms with Crippen LogP contribution >= 0.6 is 0 Å². The van der Waals surface area contributed by atoms with Gasteiger partial charge in [0.15, 0.2) is 6.61 Å². The number of aliphatic carboxylic acids is 1. The maximum atomic E-state index is 12.8. The van der Waals surface area contributed by atoms with E-state index in [-0.39, 0.29) is 5.92 Å².